The van der Waals surface area contributed by atoms with Crippen LogP contribution in [0.5, 0.6) is 0 Å². The highest BCUT2D eigenvalue weighted by Crippen LogP contribution is 2.27. The first-order valence-corrected chi connectivity index (χ1v) is 8.23. The zero-order valence-electron chi connectivity index (χ0n) is 13.3. The van der Waals surface area contributed by atoms with Crippen LogP contribution in [0.25, 0.3) is 0 Å². The summed E-state index contributed by atoms with van der Waals surface area (Å²) in [5.74, 6) is 0.246. The second kappa shape index (κ2) is 6.58. The predicted octanol–water partition coefficient (Wildman–Crippen LogP) is 2.10. The molecular formula is C15H24BrN3O2. The van der Waals surface area contributed by atoms with Crippen LogP contribution in [0.3, 0.4) is 0 Å². The molecule has 2 heterocycles. The fourth-order valence-corrected chi connectivity index (χ4v) is 3.34. The van der Waals surface area contributed by atoms with E-state index in [4.69, 9.17) is 4.74 Å². The lowest BCUT2D eigenvalue weighted by molar-refractivity contribution is -0.133. The lowest BCUT2D eigenvalue weighted by Gasteiger charge is -2.41. The van der Waals surface area contributed by atoms with Crippen molar-refractivity contribution in [3.8, 4) is 0 Å². The third-order valence-electron chi connectivity index (χ3n) is 4.59. The summed E-state index contributed by atoms with van der Waals surface area (Å²) in [5.41, 5.74) is 1.44. The molecule has 1 aromatic rings. The molecule has 21 heavy (non-hydrogen) atoms. The van der Waals surface area contributed by atoms with Crippen LogP contribution < -0.4 is 0 Å². The van der Waals surface area contributed by atoms with E-state index in [0.717, 1.165) is 35.4 Å². The van der Waals surface area contributed by atoms with Gasteiger partial charge in [0, 0.05) is 20.1 Å². The number of ether oxygens (including phenoxy) is 1. The zero-order chi connectivity index (χ0) is 15.6. The highest BCUT2D eigenvalue weighted by atomic mass is 79.9. The summed E-state index contributed by atoms with van der Waals surface area (Å²) in [5, 5.41) is 4.37. The number of hydrogen-bond acceptors (Lipinski definition) is 4. The van der Waals surface area contributed by atoms with Crippen molar-refractivity contribution >= 4 is 21.7 Å². The van der Waals surface area contributed by atoms with E-state index < -0.39 is 5.54 Å². The summed E-state index contributed by atoms with van der Waals surface area (Å²) >= 11 is 3.55. The standard InChI is InChI=1S/C15H24BrN3O2/c1-5-15(3,19-6-8-21-9-7-19)13(20)10-12-14(16)11(2)17-18(12)4/h5-10H2,1-4H3. The Morgan fingerprint density at radius 1 is 1.43 bits per heavy atom. The molecule has 2 rings (SSSR count). The van der Waals surface area contributed by atoms with Crippen molar-refractivity contribution in [2.24, 2.45) is 7.05 Å². The van der Waals surface area contributed by atoms with Gasteiger partial charge < -0.3 is 4.74 Å². The molecule has 1 atom stereocenters. The molecule has 6 heteroatoms. The largest absolute Gasteiger partial charge is 0.379 e. The molecule has 0 saturated carbocycles. The molecule has 0 amide bonds. The van der Waals surface area contributed by atoms with Gasteiger partial charge in [0.05, 0.1) is 41.0 Å². The van der Waals surface area contributed by atoms with E-state index >= 15 is 0 Å². The number of aryl methyl sites for hydroxylation is 2. The summed E-state index contributed by atoms with van der Waals surface area (Å²) in [6.45, 7) is 9.13. The first kappa shape index (κ1) is 16.6. The molecule has 1 aliphatic rings. The van der Waals surface area contributed by atoms with Crippen molar-refractivity contribution in [1.29, 1.82) is 0 Å². The highest BCUT2D eigenvalue weighted by Gasteiger charge is 2.38. The first-order valence-electron chi connectivity index (χ1n) is 7.44. The third kappa shape index (κ3) is 3.22. The molecule has 0 aromatic carbocycles. The van der Waals surface area contributed by atoms with Gasteiger partial charge in [0.2, 0.25) is 0 Å². The van der Waals surface area contributed by atoms with Gasteiger partial charge in [-0.3, -0.25) is 14.4 Å². The van der Waals surface area contributed by atoms with Crippen molar-refractivity contribution in [2.75, 3.05) is 26.3 Å². The Labute approximate surface area is 134 Å². The SMILES string of the molecule is CCC(C)(C(=O)Cc1c(Br)c(C)nn1C)N1CCOCC1. The van der Waals surface area contributed by atoms with Crippen molar-refractivity contribution in [3.63, 3.8) is 0 Å². The van der Waals surface area contributed by atoms with Crippen LogP contribution in [0.2, 0.25) is 0 Å². The fourth-order valence-electron chi connectivity index (χ4n) is 2.87. The number of ketones is 1. The maximum Gasteiger partial charge on any atom is 0.158 e. The topological polar surface area (TPSA) is 47.4 Å². The number of rotatable bonds is 5. The minimum Gasteiger partial charge on any atom is -0.379 e. The summed E-state index contributed by atoms with van der Waals surface area (Å²) in [4.78, 5) is 15.2. The Morgan fingerprint density at radius 2 is 2.05 bits per heavy atom. The maximum absolute atomic E-state index is 12.9. The number of carbonyl (C=O) groups excluding carboxylic acids is 1. The van der Waals surface area contributed by atoms with Gasteiger partial charge in [-0.05, 0) is 36.2 Å². The predicted molar refractivity (Wildman–Crippen MR) is 85.4 cm³/mol. The molecule has 0 N–H and O–H groups in total. The van der Waals surface area contributed by atoms with E-state index in [2.05, 4.69) is 39.8 Å². The second-order valence-electron chi connectivity index (χ2n) is 5.80. The zero-order valence-corrected chi connectivity index (χ0v) is 14.9. The van der Waals surface area contributed by atoms with Gasteiger partial charge in [-0.1, -0.05) is 6.92 Å². The van der Waals surface area contributed by atoms with Gasteiger partial charge >= 0.3 is 0 Å². The Balaban J connectivity index is 2.19. The molecule has 1 aliphatic heterocycles. The fraction of sp³-hybridized carbons (Fsp3) is 0.733. The lowest BCUT2D eigenvalue weighted by Crippen LogP contribution is -2.56. The quantitative estimate of drug-likeness (QED) is 0.809. The van der Waals surface area contributed by atoms with Gasteiger partial charge in [0.1, 0.15) is 0 Å². The molecule has 1 unspecified atom stereocenters. The van der Waals surface area contributed by atoms with E-state index in [1.807, 2.05) is 14.0 Å². The molecule has 1 aromatic heterocycles. The van der Waals surface area contributed by atoms with Gasteiger partial charge in [-0.25, -0.2) is 0 Å². The second-order valence-corrected chi connectivity index (χ2v) is 6.59. The third-order valence-corrected chi connectivity index (χ3v) is 5.62. The molecule has 0 spiro atoms. The van der Waals surface area contributed by atoms with Crippen molar-refractivity contribution in [3.05, 3.63) is 15.9 Å². The molecule has 0 radical (unpaired) electrons. The van der Waals surface area contributed by atoms with E-state index in [-0.39, 0.29) is 5.78 Å². The highest BCUT2D eigenvalue weighted by molar-refractivity contribution is 9.10. The maximum atomic E-state index is 12.9. The van der Waals surface area contributed by atoms with E-state index in [9.17, 15) is 4.79 Å². The number of hydrogen-bond donors (Lipinski definition) is 0. The minimum atomic E-state index is -0.429. The Morgan fingerprint density at radius 3 is 2.52 bits per heavy atom. The van der Waals surface area contributed by atoms with Crippen LogP contribution >= 0.6 is 15.9 Å². The van der Waals surface area contributed by atoms with Crippen LogP contribution in [0, 0.1) is 6.92 Å². The van der Waals surface area contributed by atoms with Crippen LogP contribution in [-0.4, -0.2) is 52.3 Å². The number of Topliss-reactive ketones (excluding diaryl/α,β-unsaturated/α-hetero) is 1. The summed E-state index contributed by atoms with van der Waals surface area (Å²) in [6, 6.07) is 0. The molecule has 0 aliphatic carbocycles. The monoisotopic (exact) mass is 357 g/mol. The molecule has 118 valence electrons. The van der Waals surface area contributed by atoms with E-state index in [0.29, 0.717) is 19.6 Å². The number of carbonyl (C=O) groups is 1. The number of halogens is 1. The minimum absolute atomic E-state index is 0.246. The van der Waals surface area contributed by atoms with Crippen molar-refractivity contribution < 1.29 is 9.53 Å². The van der Waals surface area contributed by atoms with E-state index in [1.54, 1.807) is 4.68 Å². The van der Waals surface area contributed by atoms with Crippen LogP contribution in [0.1, 0.15) is 31.7 Å². The van der Waals surface area contributed by atoms with Gasteiger partial charge in [0.15, 0.2) is 5.78 Å². The van der Waals surface area contributed by atoms with Gasteiger partial charge in [0.25, 0.3) is 0 Å². The molecule has 1 fully saturated rings. The number of morpholine rings is 1. The molecule has 1 saturated heterocycles. The molecular weight excluding hydrogens is 334 g/mol. The Hall–Kier alpha value is -0.720. The average Bonchev–Trinajstić information content (AvgIpc) is 2.73. The van der Waals surface area contributed by atoms with Crippen molar-refractivity contribution in [2.45, 2.75) is 39.2 Å². The smallest absolute Gasteiger partial charge is 0.158 e. The lowest BCUT2D eigenvalue weighted by atomic mass is 9.88. The number of nitrogens with zero attached hydrogens (tertiary/aromatic N) is 3. The summed E-state index contributed by atoms with van der Waals surface area (Å²) < 4.78 is 8.15. The van der Waals surface area contributed by atoms with Gasteiger partial charge in [-0.15, -0.1) is 0 Å². The van der Waals surface area contributed by atoms with E-state index in [1.165, 1.54) is 0 Å². The molecule has 0 bridgehead atoms. The van der Waals surface area contributed by atoms with Gasteiger partial charge in [-0.2, -0.15) is 5.10 Å². The number of aromatic nitrogens is 2. The molecule has 5 nitrogen and oxygen atoms in total. The Kier molecular flexibility index (Phi) is 5.22. The van der Waals surface area contributed by atoms with Crippen LogP contribution in [0.15, 0.2) is 4.47 Å². The summed E-state index contributed by atoms with van der Waals surface area (Å²) in [7, 11) is 1.89. The first-order chi connectivity index (χ1) is 9.90. The van der Waals surface area contributed by atoms with Crippen molar-refractivity contribution in [1.82, 2.24) is 14.7 Å². The summed E-state index contributed by atoms with van der Waals surface area (Å²) in [6.07, 6.45) is 1.21. The average molecular weight is 358 g/mol. The Bertz CT molecular complexity index is 523. The van der Waals surface area contributed by atoms with Crippen LogP contribution in [0.4, 0.5) is 0 Å². The normalized spacial score (nSPS) is 19.5. The van der Waals surface area contributed by atoms with Crippen LogP contribution in [-0.2, 0) is 23.0 Å².